The summed E-state index contributed by atoms with van der Waals surface area (Å²) in [5.74, 6) is 1.33. The average molecular weight is 237 g/mol. The molecule has 86 valence electrons. The molecule has 16 heavy (non-hydrogen) atoms. The maximum absolute atomic E-state index is 9.91. The molecule has 0 bridgehead atoms. The van der Waals surface area contributed by atoms with Crippen molar-refractivity contribution in [2.75, 3.05) is 23.9 Å². The number of anilines is 1. The first-order chi connectivity index (χ1) is 7.57. The van der Waals surface area contributed by atoms with Crippen LogP contribution in [0, 0.1) is 11.3 Å². The van der Waals surface area contributed by atoms with E-state index in [-0.39, 0.29) is 0 Å². The Hall–Kier alpha value is -1.25. The van der Waals surface area contributed by atoms with Crippen LogP contribution in [0.3, 0.4) is 0 Å². The fourth-order valence-electron chi connectivity index (χ4n) is 1.21. The summed E-state index contributed by atoms with van der Waals surface area (Å²) in [6, 6.07) is 5.43. The van der Waals surface area contributed by atoms with Gasteiger partial charge in [0.1, 0.15) is 11.9 Å². The molecule has 1 rings (SSSR count). The highest BCUT2D eigenvalue weighted by Crippen LogP contribution is 2.12. The lowest BCUT2D eigenvalue weighted by Gasteiger charge is -2.22. The van der Waals surface area contributed by atoms with E-state index in [1.165, 1.54) is 6.20 Å². The van der Waals surface area contributed by atoms with Crippen molar-refractivity contribution >= 4 is 17.6 Å². The third-order valence-electron chi connectivity index (χ3n) is 2.00. The molecule has 1 unspecified atom stereocenters. The first-order valence-corrected chi connectivity index (χ1v) is 6.28. The number of nitrogens with one attached hydrogen (secondary N) is 1. The van der Waals surface area contributed by atoms with Crippen molar-refractivity contribution in [2.24, 2.45) is 0 Å². The van der Waals surface area contributed by atoms with Crippen LogP contribution in [0.25, 0.3) is 0 Å². The van der Waals surface area contributed by atoms with E-state index >= 15 is 0 Å². The molecular weight excluding hydrogens is 222 g/mol. The SMILES string of the molecule is CSCC(C)(O)CNc1ccc(C#N)cn1. The third-order valence-corrected chi connectivity index (χ3v) is 2.91. The molecule has 0 fully saturated rings. The van der Waals surface area contributed by atoms with Crippen LogP contribution < -0.4 is 5.32 Å². The molecule has 1 aromatic heterocycles. The van der Waals surface area contributed by atoms with Crippen molar-refractivity contribution in [2.45, 2.75) is 12.5 Å². The topological polar surface area (TPSA) is 68.9 Å². The lowest BCUT2D eigenvalue weighted by atomic mass is 10.1. The fourth-order valence-corrected chi connectivity index (χ4v) is 1.93. The van der Waals surface area contributed by atoms with Gasteiger partial charge in [0.25, 0.3) is 0 Å². The van der Waals surface area contributed by atoms with Crippen molar-refractivity contribution in [1.82, 2.24) is 4.98 Å². The normalized spacial score (nSPS) is 13.9. The summed E-state index contributed by atoms with van der Waals surface area (Å²) in [6.45, 7) is 2.22. The van der Waals surface area contributed by atoms with Crippen LogP contribution in [0.1, 0.15) is 12.5 Å². The maximum Gasteiger partial charge on any atom is 0.126 e. The van der Waals surface area contributed by atoms with Crippen molar-refractivity contribution in [1.29, 1.82) is 5.26 Å². The number of aromatic nitrogens is 1. The first-order valence-electron chi connectivity index (χ1n) is 4.89. The van der Waals surface area contributed by atoms with Crippen molar-refractivity contribution in [3.05, 3.63) is 23.9 Å². The van der Waals surface area contributed by atoms with Crippen molar-refractivity contribution < 1.29 is 5.11 Å². The van der Waals surface area contributed by atoms with Gasteiger partial charge in [0.2, 0.25) is 0 Å². The van der Waals surface area contributed by atoms with Gasteiger partial charge in [-0.25, -0.2) is 4.98 Å². The highest BCUT2D eigenvalue weighted by molar-refractivity contribution is 7.98. The summed E-state index contributed by atoms with van der Waals surface area (Å²) in [7, 11) is 0. The van der Waals surface area contributed by atoms with Crippen LogP contribution in [-0.2, 0) is 0 Å². The number of hydrogen-bond acceptors (Lipinski definition) is 5. The summed E-state index contributed by atoms with van der Waals surface area (Å²) in [5, 5.41) is 21.6. The van der Waals surface area contributed by atoms with Gasteiger partial charge in [0.05, 0.1) is 11.2 Å². The van der Waals surface area contributed by atoms with E-state index in [0.717, 1.165) is 0 Å². The minimum atomic E-state index is -0.755. The Morgan fingerprint density at radius 2 is 2.38 bits per heavy atom. The molecule has 4 nitrogen and oxygen atoms in total. The Bertz CT molecular complexity index is 370. The lowest BCUT2D eigenvalue weighted by molar-refractivity contribution is 0.0996. The summed E-state index contributed by atoms with van der Waals surface area (Å²) < 4.78 is 0. The zero-order valence-electron chi connectivity index (χ0n) is 9.40. The van der Waals surface area contributed by atoms with Crippen LogP contribution in [0.5, 0.6) is 0 Å². The molecule has 0 aliphatic heterocycles. The minimum Gasteiger partial charge on any atom is -0.387 e. The second-order valence-corrected chi connectivity index (χ2v) is 4.69. The van der Waals surface area contributed by atoms with E-state index in [2.05, 4.69) is 10.3 Å². The largest absolute Gasteiger partial charge is 0.387 e. The van der Waals surface area contributed by atoms with Crippen LogP contribution in [0.15, 0.2) is 18.3 Å². The summed E-state index contributed by atoms with van der Waals surface area (Å²) in [6.07, 6.45) is 3.46. The number of rotatable bonds is 5. The molecule has 1 heterocycles. The zero-order chi connectivity index (χ0) is 12.0. The Balaban J connectivity index is 2.52. The van der Waals surface area contributed by atoms with E-state index in [1.807, 2.05) is 12.3 Å². The molecule has 1 atom stereocenters. The highest BCUT2D eigenvalue weighted by Gasteiger charge is 2.19. The number of pyridine rings is 1. The van der Waals surface area contributed by atoms with Gasteiger partial charge in [-0.3, -0.25) is 0 Å². The van der Waals surface area contributed by atoms with E-state index < -0.39 is 5.60 Å². The van der Waals surface area contributed by atoms with E-state index in [9.17, 15) is 5.11 Å². The molecule has 0 saturated heterocycles. The molecule has 2 N–H and O–H groups in total. The number of thioether (sulfide) groups is 1. The lowest BCUT2D eigenvalue weighted by Crippen LogP contribution is -2.36. The second-order valence-electron chi connectivity index (χ2n) is 3.83. The zero-order valence-corrected chi connectivity index (χ0v) is 10.2. The van der Waals surface area contributed by atoms with Crippen molar-refractivity contribution in [3.63, 3.8) is 0 Å². The molecule has 0 aliphatic carbocycles. The number of nitriles is 1. The van der Waals surface area contributed by atoms with Gasteiger partial charge in [-0.1, -0.05) is 0 Å². The predicted octanol–water partition coefficient (Wildman–Crippen LogP) is 1.48. The molecule has 0 radical (unpaired) electrons. The van der Waals surface area contributed by atoms with E-state index in [1.54, 1.807) is 30.8 Å². The molecule has 0 saturated carbocycles. The van der Waals surface area contributed by atoms with Gasteiger partial charge < -0.3 is 10.4 Å². The van der Waals surface area contributed by atoms with Gasteiger partial charge in [-0.05, 0) is 25.3 Å². The quantitative estimate of drug-likeness (QED) is 0.811. The van der Waals surface area contributed by atoms with Gasteiger partial charge in [-0.2, -0.15) is 17.0 Å². The summed E-state index contributed by atoms with van der Waals surface area (Å²) >= 11 is 1.60. The molecular formula is C11H15N3OS. The van der Waals surface area contributed by atoms with Crippen molar-refractivity contribution in [3.8, 4) is 6.07 Å². The maximum atomic E-state index is 9.91. The van der Waals surface area contributed by atoms with Gasteiger partial charge in [0.15, 0.2) is 0 Å². The molecule has 0 amide bonds. The van der Waals surface area contributed by atoms with Crippen LogP contribution in [0.4, 0.5) is 5.82 Å². The third kappa shape index (κ3) is 4.09. The predicted molar refractivity (Wildman–Crippen MR) is 66.4 cm³/mol. The molecule has 0 aromatic carbocycles. The standard InChI is InChI=1S/C11H15N3OS/c1-11(15,8-16-2)7-14-10-4-3-9(5-12)6-13-10/h3-4,6,15H,7-8H2,1-2H3,(H,13,14). The number of aliphatic hydroxyl groups is 1. The average Bonchev–Trinajstić information content (AvgIpc) is 2.27. The first kappa shape index (κ1) is 12.8. The highest BCUT2D eigenvalue weighted by atomic mass is 32.2. The molecule has 0 spiro atoms. The Morgan fingerprint density at radius 1 is 1.62 bits per heavy atom. The number of nitrogens with zero attached hydrogens (tertiary/aromatic N) is 2. The Morgan fingerprint density at radius 3 is 2.88 bits per heavy atom. The second kappa shape index (κ2) is 5.73. The van der Waals surface area contributed by atoms with E-state index in [0.29, 0.717) is 23.7 Å². The van der Waals surface area contributed by atoms with E-state index in [4.69, 9.17) is 5.26 Å². The molecule has 1 aromatic rings. The minimum absolute atomic E-state index is 0.437. The summed E-state index contributed by atoms with van der Waals surface area (Å²) in [4.78, 5) is 4.06. The number of hydrogen-bond donors (Lipinski definition) is 2. The Kier molecular flexibility index (Phi) is 4.59. The monoisotopic (exact) mass is 237 g/mol. The van der Waals surface area contributed by atoms with Crippen LogP contribution >= 0.6 is 11.8 Å². The van der Waals surface area contributed by atoms with Gasteiger partial charge in [-0.15, -0.1) is 0 Å². The Labute approximate surface area is 99.7 Å². The fraction of sp³-hybridized carbons (Fsp3) is 0.455. The van der Waals surface area contributed by atoms with Crippen LogP contribution in [-0.4, -0.2) is 34.2 Å². The summed E-state index contributed by atoms with van der Waals surface area (Å²) in [5.41, 5.74) is -0.226. The van der Waals surface area contributed by atoms with Crippen LogP contribution in [0.2, 0.25) is 0 Å². The molecule has 0 aliphatic rings. The molecule has 5 heteroatoms. The van der Waals surface area contributed by atoms with Gasteiger partial charge >= 0.3 is 0 Å². The van der Waals surface area contributed by atoms with Gasteiger partial charge in [0, 0.05) is 18.5 Å². The smallest absolute Gasteiger partial charge is 0.126 e.